The van der Waals surface area contributed by atoms with Crippen molar-refractivity contribution < 1.29 is 0 Å². The summed E-state index contributed by atoms with van der Waals surface area (Å²) in [7, 11) is 0. The van der Waals surface area contributed by atoms with Crippen molar-refractivity contribution in [3.63, 3.8) is 0 Å². The van der Waals surface area contributed by atoms with Crippen LogP contribution in [0.3, 0.4) is 0 Å². The zero-order chi connectivity index (χ0) is 13.8. The molecule has 2 aromatic heterocycles. The zero-order valence-electron chi connectivity index (χ0n) is 11.5. The van der Waals surface area contributed by atoms with Gasteiger partial charge in [0, 0.05) is 12.2 Å². The lowest BCUT2D eigenvalue weighted by molar-refractivity contribution is 0.698. The SMILES string of the molecule is CC(CCc1ccccc1)Nc1nc2ccccn2n1. The molecule has 20 heavy (non-hydrogen) atoms. The number of hydrogen-bond donors (Lipinski definition) is 1. The lowest BCUT2D eigenvalue weighted by Gasteiger charge is -2.11. The Morgan fingerprint density at radius 3 is 2.70 bits per heavy atom. The summed E-state index contributed by atoms with van der Waals surface area (Å²) in [5.41, 5.74) is 2.23. The molecule has 0 aliphatic heterocycles. The first kappa shape index (κ1) is 12.7. The highest BCUT2D eigenvalue weighted by Crippen LogP contribution is 2.10. The van der Waals surface area contributed by atoms with Crippen LogP contribution in [-0.4, -0.2) is 20.6 Å². The molecule has 0 spiro atoms. The number of anilines is 1. The number of rotatable bonds is 5. The summed E-state index contributed by atoms with van der Waals surface area (Å²) in [6, 6.07) is 16.7. The highest BCUT2D eigenvalue weighted by atomic mass is 15.3. The number of nitrogens with one attached hydrogen (secondary N) is 1. The van der Waals surface area contributed by atoms with E-state index < -0.39 is 0 Å². The molecule has 1 atom stereocenters. The first-order valence-electron chi connectivity index (χ1n) is 6.93. The molecule has 0 aliphatic rings. The van der Waals surface area contributed by atoms with Crippen LogP contribution in [0.15, 0.2) is 54.7 Å². The third-order valence-electron chi connectivity index (χ3n) is 3.33. The van der Waals surface area contributed by atoms with E-state index in [1.807, 2.05) is 30.5 Å². The molecular formula is C16H18N4. The van der Waals surface area contributed by atoms with Crippen LogP contribution in [0.5, 0.6) is 0 Å². The molecule has 1 aromatic carbocycles. The van der Waals surface area contributed by atoms with Crippen LogP contribution in [0.25, 0.3) is 5.65 Å². The summed E-state index contributed by atoms with van der Waals surface area (Å²) < 4.78 is 1.78. The molecule has 0 radical (unpaired) electrons. The first-order chi connectivity index (χ1) is 9.81. The van der Waals surface area contributed by atoms with E-state index in [-0.39, 0.29) is 0 Å². The number of pyridine rings is 1. The van der Waals surface area contributed by atoms with Gasteiger partial charge in [0.25, 0.3) is 0 Å². The van der Waals surface area contributed by atoms with Gasteiger partial charge in [0.05, 0.1) is 0 Å². The van der Waals surface area contributed by atoms with Gasteiger partial charge in [0.1, 0.15) is 0 Å². The lowest BCUT2D eigenvalue weighted by atomic mass is 10.1. The monoisotopic (exact) mass is 266 g/mol. The van der Waals surface area contributed by atoms with Gasteiger partial charge >= 0.3 is 0 Å². The minimum Gasteiger partial charge on any atom is -0.350 e. The second-order valence-electron chi connectivity index (χ2n) is 5.01. The van der Waals surface area contributed by atoms with Gasteiger partial charge in [0.15, 0.2) is 5.65 Å². The first-order valence-corrected chi connectivity index (χ1v) is 6.93. The van der Waals surface area contributed by atoms with Crippen LogP contribution in [0.4, 0.5) is 5.95 Å². The van der Waals surface area contributed by atoms with E-state index in [2.05, 4.69) is 46.6 Å². The van der Waals surface area contributed by atoms with Gasteiger partial charge < -0.3 is 5.32 Å². The Bertz CT molecular complexity index is 642. The van der Waals surface area contributed by atoms with Crippen molar-refractivity contribution in [1.29, 1.82) is 0 Å². The molecule has 1 unspecified atom stereocenters. The van der Waals surface area contributed by atoms with E-state index in [0.29, 0.717) is 12.0 Å². The molecule has 0 saturated carbocycles. The maximum absolute atomic E-state index is 4.45. The molecule has 0 aliphatic carbocycles. The van der Waals surface area contributed by atoms with Crippen molar-refractivity contribution >= 4 is 11.6 Å². The van der Waals surface area contributed by atoms with Crippen LogP contribution in [-0.2, 0) is 6.42 Å². The predicted molar refractivity (Wildman–Crippen MR) is 80.8 cm³/mol. The van der Waals surface area contributed by atoms with Crippen molar-refractivity contribution in [2.24, 2.45) is 0 Å². The normalized spacial score (nSPS) is 12.4. The lowest BCUT2D eigenvalue weighted by Crippen LogP contribution is -2.17. The van der Waals surface area contributed by atoms with Gasteiger partial charge in [-0.15, -0.1) is 5.10 Å². The molecule has 4 heteroatoms. The minimum absolute atomic E-state index is 0.340. The summed E-state index contributed by atoms with van der Waals surface area (Å²) in [5.74, 6) is 0.691. The summed E-state index contributed by atoms with van der Waals surface area (Å²) in [4.78, 5) is 4.45. The maximum atomic E-state index is 4.45. The zero-order valence-corrected chi connectivity index (χ0v) is 11.5. The topological polar surface area (TPSA) is 42.2 Å². The standard InChI is InChI=1S/C16H18N4/c1-13(10-11-14-7-3-2-4-8-14)17-16-18-15-9-5-6-12-20(15)19-16/h2-9,12-13H,10-11H2,1H3,(H,17,19). The van der Waals surface area contributed by atoms with Crippen LogP contribution in [0.2, 0.25) is 0 Å². The molecule has 0 amide bonds. The molecule has 0 bridgehead atoms. The summed E-state index contributed by atoms with van der Waals surface area (Å²) in [5, 5.41) is 7.76. The molecule has 102 valence electrons. The number of nitrogens with zero attached hydrogens (tertiary/aromatic N) is 3. The minimum atomic E-state index is 0.340. The Morgan fingerprint density at radius 1 is 1.10 bits per heavy atom. The van der Waals surface area contributed by atoms with Crippen LogP contribution in [0.1, 0.15) is 18.9 Å². The Kier molecular flexibility index (Phi) is 3.63. The Morgan fingerprint density at radius 2 is 1.90 bits per heavy atom. The predicted octanol–water partition coefficient (Wildman–Crippen LogP) is 3.16. The van der Waals surface area contributed by atoms with E-state index in [9.17, 15) is 0 Å². The van der Waals surface area contributed by atoms with Crippen molar-refractivity contribution in [2.45, 2.75) is 25.8 Å². The fraction of sp³-hybridized carbons (Fsp3) is 0.250. The number of aryl methyl sites for hydroxylation is 1. The summed E-state index contributed by atoms with van der Waals surface area (Å²) >= 11 is 0. The van der Waals surface area contributed by atoms with Gasteiger partial charge in [-0.3, -0.25) is 0 Å². The maximum Gasteiger partial charge on any atom is 0.243 e. The molecule has 0 saturated heterocycles. The smallest absolute Gasteiger partial charge is 0.243 e. The number of benzene rings is 1. The molecule has 3 aromatic rings. The Hall–Kier alpha value is -2.36. The van der Waals surface area contributed by atoms with Crippen LogP contribution in [0, 0.1) is 0 Å². The second kappa shape index (κ2) is 5.74. The highest BCUT2D eigenvalue weighted by Gasteiger charge is 2.07. The van der Waals surface area contributed by atoms with Crippen LogP contribution < -0.4 is 5.32 Å². The molecule has 0 fully saturated rings. The second-order valence-corrected chi connectivity index (χ2v) is 5.01. The van der Waals surface area contributed by atoms with E-state index in [0.717, 1.165) is 18.5 Å². The van der Waals surface area contributed by atoms with E-state index >= 15 is 0 Å². The highest BCUT2D eigenvalue weighted by molar-refractivity contribution is 5.43. The van der Waals surface area contributed by atoms with Crippen molar-refractivity contribution in [3.05, 3.63) is 60.3 Å². The Balaban J connectivity index is 1.59. The third kappa shape index (κ3) is 2.96. The molecule has 3 rings (SSSR count). The molecule has 4 nitrogen and oxygen atoms in total. The van der Waals surface area contributed by atoms with Gasteiger partial charge in [-0.1, -0.05) is 36.4 Å². The van der Waals surface area contributed by atoms with E-state index in [4.69, 9.17) is 0 Å². The van der Waals surface area contributed by atoms with Gasteiger partial charge in [-0.05, 0) is 37.5 Å². The molecule has 1 N–H and O–H groups in total. The largest absolute Gasteiger partial charge is 0.350 e. The van der Waals surface area contributed by atoms with Crippen molar-refractivity contribution in [1.82, 2.24) is 14.6 Å². The number of fused-ring (bicyclic) bond motifs is 1. The third-order valence-corrected chi connectivity index (χ3v) is 3.33. The Labute approximate surface area is 118 Å². The number of hydrogen-bond acceptors (Lipinski definition) is 3. The summed E-state index contributed by atoms with van der Waals surface area (Å²) in [6.45, 7) is 2.16. The van der Waals surface area contributed by atoms with Crippen LogP contribution >= 0.6 is 0 Å². The van der Waals surface area contributed by atoms with Gasteiger partial charge in [0.2, 0.25) is 5.95 Å². The van der Waals surface area contributed by atoms with Crippen molar-refractivity contribution in [2.75, 3.05) is 5.32 Å². The van der Waals surface area contributed by atoms with Crippen molar-refractivity contribution in [3.8, 4) is 0 Å². The van der Waals surface area contributed by atoms with E-state index in [1.54, 1.807) is 4.52 Å². The van der Waals surface area contributed by atoms with Gasteiger partial charge in [-0.25, -0.2) is 4.52 Å². The van der Waals surface area contributed by atoms with E-state index in [1.165, 1.54) is 5.56 Å². The summed E-state index contributed by atoms with van der Waals surface area (Å²) in [6.07, 6.45) is 4.02. The average molecular weight is 266 g/mol. The number of aromatic nitrogens is 3. The average Bonchev–Trinajstić information content (AvgIpc) is 2.88. The quantitative estimate of drug-likeness (QED) is 0.771. The van der Waals surface area contributed by atoms with Gasteiger partial charge in [-0.2, -0.15) is 4.98 Å². The fourth-order valence-corrected chi connectivity index (χ4v) is 2.21. The molecular weight excluding hydrogens is 248 g/mol. The molecule has 2 heterocycles. The fourth-order valence-electron chi connectivity index (χ4n) is 2.21.